The molecule has 1 aliphatic carbocycles. The number of phenols is 1. The molecule has 2 nitrogen and oxygen atoms in total. The molecule has 2 rings (SSSR count). The van der Waals surface area contributed by atoms with E-state index in [-0.39, 0.29) is 11.3 Å². The van der Waals surface area contributed by atoms with Crippen LogP contribution in [0.2, 0.25) is 5.02 Å². The van der Waals surface area contributed by atoms with Crippen molar-refractivity contribution in [2.75, 3.05) is 0 Å². The van der Waals surface area contributed by atoms with Crippen LogP contribution in [0.25, 0.3) is 0 Å². The van der Waals surface area contributed by atoms with Gasteiger partial charge in [0.1, 0.15) is 5.75 Å². The third-order valence-corrected chi connectivity index (χ3v) is 2.91. The summed E-state index contributed by atoms with van der Waals surface area (Å²) in [7, 11) is 0. The van der Waals surface area contributed by atoms with E-state index in [9.17, 15) is 5.11 Å². The molecular formula is C10H12ClNO. The number of rotatable bonds is 1. The van der Waals surface area contributed by atoms with Gasteiger partial charge < -0.3 is 10.8 Å². The van der Waals surface area contributed by atoms with Crippen molar-refractivity contribution in [3.05, 3.63) is 28.3 Å². The second-order valence-electron chi connectivity index (χ2n) is 3.78. The van der Waals surface area contributed by atoms with Crippen LogP contribution in [0.5, 0.6) is 5.75 Å². The van der Waals surface area contributed by atoms with Crippen LogP contribution in [0.1, 0.15) is 24.0 Å². The zero-order chi connectivity index (χ0) is 9.64. The largest absolute Gasteiger partial charge is 0.506 e. The minimum atomic E-state index is -0.178. The van der Waals surface area contributed by atoms with Crippen molar-refractivity contribution in [2.45, 2.75) is 25.3 Å². The lowest BCUT2D eigenvalue weighted by Crippen LogP contribution is -2.18. The molecule has 1 aliphatic rings. The van der Waals surface area contributed by atoms with Crippen LogP contribution in [0.15, 0.2) is 12.1 Å². The van der Waals surface area contributed by atoms with Gasteiger partial charge in [0.15, 0.2) is 0 Å². The number of hydrogen-bond acceptors (Lipinski definition) is 2. The first-order valence-corrected chi connectivity index (χ1v) is 4.69. The number of benzene rings is 1. The van der Waals surface area contributed by atoms with Crippen LogP contribution >= 0.6 is 11.6 Å². The minimum Gasteiger partial charge on any atom is -0.506 e. The Morgan fingerprint density at radius 1 is 1.46 bits per heavy atom. The van der Waals surface area contributed by atoms with E-state index in [2.05, 4.69) is 0 Å². The fraction of sp³-hybridized carbons (Fsp3) is 0.400. The molecule has 0 radical (unpaired) electrons. The summed E-state index contributed by atoms with van der Waals surface area (Å²) in [6.07, 6.45) is 2.01. The molecule has 0 bridgehead atoms. The van der Waals surface area contributed by atoms with Gasteiger partial charge in [-0.25, -0.2) is 0 Å². The van der Waals surface area contributed by atoms with Crippen molar-refractivity contribution < 1.29 is 5.11 Å². The molecule has 0 aliphatic heterocycles. The van der Waals surface area contributed by atoms with Crippen LogP contribution < -0.4 is 5.73 Å². The van der Waals surface area contributed by atoms with Crippen LogP contribution in [0.3, 0.4) is 0 Å². The van der Waals surface area contributed by atoms with Gasteiger partial charge in [-0.3, -0.25) is 0 Å². The van der Waals surface area contributed by atoms with E-state index in [4.69, 9.17) is 17.3 Å². The smallest absolute Gasteiger partial charge is 0.137 e. The summed E-state index contributed by atoms with van der Waals surface area (Å²) in [6, 6.07) is 3.67. The van der Waals surface area contributed by atoms with Crippen molar-refractivity contribution in [3.63, 3.8) is 0 Å². The summed E-state index contributed by atoms with van der Waals surface area (Å²) in [5, 5.41) is 9.84. The molecule has 0 amide bonds. The maximum Gasteiger partial charge on any atom is 0.137 e. The Morgan fingerprint density at radius 3 is 2.54 bits per heavy atom. The van der Waals surface area contributed by atoms with Crippen molar-refractivity contribution >= 4 is 11.6 Å². The summed E-state index contributed by atoms with van der Waals surface area (Å²) in [6.45, 7) is 1.83. The Morgan fingerprint density at radius 2 is 2.08 bits per heavy atom. The maximum atomic E-state index is 9.44. The van der Waals surface area contributed by atoms with Gasteiger partial charge in [-0.15, -0.1) is 0 Å². The van der Waals surface area contributed by atoms with E-state index in [0.717, 1.165) is 24.0 Å². The molecule has 0 spiro atoms. The second-order valence-corrected chi connectivity index (χ2v) is 4.19. The molecule has 0 heterocycles. The van der Waals surface area contributed by atoms with Gasteiger partial charge >= 0.3 is 0 Å². The quantitative estimate of drug-likeness (QED) is 0.726. The molecule has 1 aromatic rings. The first-order chi connectivity index (χ1) is 6.03. The molecule has 0 unspecified atom stereocenters. The van der Waals surface area contributed by atoms with Gasteiger partial charge in [-0.2, -0.15) is 0 Å². The van der Waals surface area contributed by atoms with Crippen LogP contribution in [0, 0.1) is 6.92 Å². The summed E-state index contributed by atoms with van der Waals surface area (Å²) < 4.78 is 0. The molecule has 70 valence electrons. The molecule has 1 aromatic carbocycles. The molecular weight excluding hydrogens is 186 g/mol. The van der Waals surface area contributed by atoms with E-state index in [1.54, 1.807) is 6.07 Å². The summed E-state index contributed by atoms with van der Waals surface area (Å²) in [5.74, 6) is 0.162. The van der Waals surface area contributed by atoms with Gasteiger partial charge in [0.25, 0.3) is 0 Å². The SMILES string of the molecule is Cc1cc(C2(N)CC2)cc(Cl)c1O. The van der Waals surface area contributed by atoms with Crippen LogP contribution in [-0.4, -0.2) is 5.11 Å². The normalized spacial score (nSPS) is 18.7. The topological polar surface area (TPSA) is 46.2 Å². The monoisotopic (exact) mass is 197 g/mol. The van der Waals surface area contributed by atoms with Gasteiger partial charge in [-0.1, -0.05) is 17.7 Å². The Hall–Kier alpha value is -0.730. The van der Waals surface area contributed by atoms with Crippen LogP contribution in [-0.2, 0) is 5.54 Å². The Kier molecular flexibility index (Phi) is 1.79. The van der Waals surface area contributed by atoms with Gasteiger partial charge in [0.2, 0.25) is 0 Å². The standard InChI is InChI=1S/C10H12ClNO/c1-6-4-7(10(12)2-3-10)5-8(11)9(6)13/h4-5,13H,2-3,12H2,1H3. The van der Waals surface area contributed by atoms with Gasteiger partial charge in [0.05, 0.1) is 5.02 Å². The van der Waals surface area contributed by atoms with E-state index >= 15 is 0 Å². The zero-order valence-electron chi connectivity index (χ0n) is 7.47. The first kappa shape index (κ1) is 8.85. The maximum absolute atomic E-state index is 9.44. The summed E-state index contributed by atoms with van der Waals surface area (Å²) in [4.78, 5) is 0. The molecule has 13 heavy (non-hydrogen) atoms. The predicted molar refractivity (Wildman–Crippen MR) is 53.0 cm³/mol. The summed E-state index contributed by atoms with van der Waals surface area (Å²) >= 11 is 5.85. The minimum absolute atomic E-state index is 0.162. The Bertz CT molecular complexity index is 335. The van der Waals surface area contributed by atoms with Crippen LogP contribution in [0.4, 0.5) is 0 Å². The Balaban J connectivity index is 2.50. The second kappa shape index (κ2) is 2.63. The number of halogens is 1. The average molecular weight is 198 g/mol. The van der Waals surface area contributed by atoms with E-state index in [0.29, 0.717) is 5.02 Å². The fourth-order valence-corrected chi connectivity index (χ4v) is 1.71. The highest BCUT2D eigenvalue weighted by molar-refractivity contribution is 6.32. The van der Waals surface area contributed by atoms with Crippen molar-refractivity contribution in [1.29, 1.82) is 0 Å². The molecule has 1 fully saturated rings. The van der Waals surface area contributed by atoms with Gasteiger partial charge in [-0.05, 0) is 37.0 Å². The molecule has 1 saturated carbocycles. The van der Waals surface area contributed by atoms with E-state index < -0.39 is 0 Å². The number of phenolic OH excluding ortho intramolecular Hbond substituents is 1. The lowest BCUT2D eigenvalue weighted by atomic mass is 10.0. The highest BCUT2D eigenvalue weighted by Crippen LogP contribution is 2.45. The number of hydrogen-bond donors (Lipinski definition) is 2. The third kappa shape index (κ3) is 1.40. The molecule has 3 N–H and O–H groups in total. The van der Waals surface area contributed by atoms with E-state index in [1.807, 2.05) is 13.0 Å². The average Bonchev–Trinajstić information content (AvgIpc) is 2.80. The highest BCUT2D eigenvalue weighted by atomic mass is 35.5. The number of nitrogens with two attached hydrogens (primary N) is 1. The summed E-state index contributed by atoms with van der Waals surface area (Å²) in [5.41, 5.74) is 7.66. The van der Waals surface area contributed by atoms with Crippen molar-refractivity contribution in [1.82, 2.24) is 0 Å². The number of aryl methyl sites for hydroxylation is 1. The predicted octanol–water partition coefficient (Wildman–Crippen LogP) is 2.30. The lowest BCUT2D eigenvalue weighted by molar-refractivity contribution is 0.470. The molecule has 0 aromatic heterocycles. The number of aromatic hydroxyl groups is 1. The zero-order valence-corrected chi connectivity index (χ0v) is 8.23. The lowest BCUT2D eigenvalue weighted by Gasteiger charge is -2.11. The highest BCUT2D eigenvalue weighted by Gasteiger charge is 2.40. The molecule has 0 atom stereocenters. The fourth-order valence-electron chi connectivity index (χ4n) is 1.45. The Labute approximate surface area is 82.3 Å². The van der Waals surface area contributed by atoms with Gasteiger partial charge in [0, 0.05) is 5.54 Å². The van der Waals surface area contributed by atoms with Crippen molar-refractivity contribution in [3.8, 4) is 5.75 Å². The third-order valence-electron chi connectivity index (χ3n) is 2.62. The van der Waals surface area contributed by atoms with E-state index in [1.165, 1.54) is 0 Å². The molecule has 3 heteroatoms. The molecule has 0 saturated heterocycles. The first-order valence-electron chi connectivity index (χ1n) is 4.31. The van der Waals surface area contributed by atoms with Crippen molar-refractivity contribution in [2.24, 2.45) is 5.73 Å².